The third-order valence-electron chi connectivity index (χ3n) is 11.4. The van der Waals surface area contributed by atoms with Crippen LogP contribution in [0.2, 0.25) is 10.0 Å². The minimum Gasteiger partial charge on any atom is -0.478 e. The molecule has 1 unspecified atom stereocenters. The Kier molecular flexibility index (Phi) is 8.28. The Morgan fingerprint density at radius 2 is 1.66 bits per heavy atom. The van der Waals surface area contributed by atoms with Crippen molar-refractivity contribution in [3.8, 4) is 11.5 Å². The molecule has 1 atom stereocenters. The molecule has 3 aromatic carbocycles. The molecule has 5 aliphatic rings. The van der Waals surface area contributed by atoms with E-state index in [0.717, 1.165) is 41.6 Å². The fraction of sp³-hybridized carbons (Fsp3) is 0.421. The van der Waals surface area contributed by atoms with Gasteiger partial charge < -0.3 is 14.7 Å². The number of halogens is 2. The van der Waals surface area contributed by atoms with Crippen molar-refractivity contribution in [1.82, 2.24) is 4.58 Å². The van der Waals surface area contributed by atoms with Crippen molar-refractivity contribution in [3.63, 3.8) is 0 Å². The molecule has 0 radical (unpaired) electrons. The van der Waals surface area contributed by atoms with Gasteiger partial charge in [0.25, 0.3) is 20.2 Å². The molecular formula is C38H39Cl2N2O9S2+. The van der Waals surface area contributed by atoms with E-state index in [1.807, 2.05) is 26.0 Å². The zero-order valence-electron chi connectivity index (χ0n) is 29.6. The number of ether oxygens (including phenoxy) is 1. The van der Waals surface area contributed by atoms with Crippen LogP contribution in [-0.4, -0.2) is 72.7 Å². The van der Waals surface area contributed by atoms with Crippen LogP contribution in [0.1, 0.15) is 96.6 Å². The summed E-state index contributed by atoms with van der Waals surface area (Å²) in [7, 11) is -8.87. The first-order valence-corrected chi connectivity index (χ1v) is 21.5. The van der Waals surface area contributed by atoms with Crippen molar-refractivity contribution in [2.45, 2.75) is 76.8 Å². The topological polar surface area (TPSA) is 162 Å². The molecule has 0 fully saturated rings. The van der Waals surface area contributed by atoms with Gasteiger partial charge in [-0.25, -0.2) is 9.37 Å². The quantitative estimate of drug-likeness (QED) is 0.169. The Bertz CT molecular complexity index is 2600. The number of benzene rings is 3. The van der Waals surface area contributed by atoms with Crippen molar-refractivity contribution in [1.29, 1.82) is 0 Å². The third-order valence-corrected chi connectivity index (χ3v) is 13.6. The van der Waals surface area contributed by atoms with Gasteiger partial charge >= 0.3 is 5.97 Å². The molecule has 0 saturated heterocycles. The summed E-state index contributed by atoms with van der Waals surface area (Å²) in [6.45, 7) is 9.52. The number of aromatic carboxylic acids is 1. The number of anilines is 1. The van der Waals surface area contributed by atoms with Crippen molar-refractivity contribution < 1.29 is 40.6 Å². The first-order valence-electron chi connectivity index (χ1n) is 17.5. The lowest BCUT2D eigenvalue weighted by Crippen LogP contribution is -2.54. The Hall–Kier alpha value is -3.46. The molecule has 280 valence electrons. The van der Waals surface area contributed by atoms with Crippen LogP contribution < -0.4 is 24.8 Å². The Balaban J connectivity index is 1.58. The van der Waals surface area contributed by atoms with E-state index in [1.165, 1.54) is 12.1 Å². The molecule has 53 heavy (non-hydrogen) atoms. The number of hydrogen-bond donors (Lipinski definition) is 3. The zero-order chi connectivity index (χ0) is 38.2. The van der Waals surface area contributed by atoms with Crippen molar-refractivity contribution in [3.05, 3.63) is 89.9 Å². The maximum atomic E-state index is 13.0. The lowest BCUT2D eigenvalue weighted by atomic mass is 9.74. The highest BCUT2D eigenvalue weighted by Gasteiger charge is 2.46. The van der Waals surface area contributed by atoms with Gasteiger partial charge in [0.1, 0.15) is 23.8 Å². The first-order chi connectivity index (χ1) is 24.7. The lowest BCUT2D eigenvalue weighted by molar-refractivity contribution is 0.0696. The first kappa shape index (κ1) is 36.5. The van der Waals surface area contributed by atoms with Crippen molar-refractivity contribution in [2.24, 2.45) is 0 Å². The number of nitrogens with zero attached hydrogens (tertiary/aromatic N) is 2. The van der Waals surface area contributed by atoms with Gasteiger partial charge in [-0.05, 0) is 81.0 Å². The minimum absolute atomic E-state index is 0.0466. The van der Waals surface area contributed by atoms with Crippen LogP contribution in [0.5, 0.6) is 11.5 Å². The van der Waals surface area contributed by atoms with E-state index in [9.17, 15) is 35.8 Å². The van der Waals surface area contributed by atoms with E-state index < -0.39 is 54.7 Å². The average Bonchev–Trinajstić information content (AvgIpc) is 3.04. The van der Waals surface area contributed by atoms with E-state index in [4.69, 9.17) is 27.9 Å². The molecule has 0 bridgehead atoms. The number of rotatable bonds is 6. The maximum Gasteiger partial charge on any atom is 0.337 e. The average molecular weight is 803 g/mol. The van der Waals surface area contributed by atoms with Crippen molar-refractivity contribution >= 4 is 66.2 Å². The van der Waals surface area contributed by atoms with E-state index in [1.54, 1.807) is 6.07 Å². The molecule has 15 heteroatoms. The molecule has 5 heterocycles. The van der Waals surface area contributed by atoms with Gasteiger partial charge in [0.05, 0.1) is 27.5 Å². The highest BCUT2D eigenvalue weighted by Crippen LogP contribution is 2.55. The molecular weight excluding hydrogens is 763 g/mol. The van der Waals surface area contributed by atoms with Gasteiger partial charge in [0.2, 0.25) is 5.36 Å². The molecule has 0 saturated carbocycles. The summed E-state index contributed by atoms with van der Waals surface area (Å²) in [5.74, 6) is -2.07. The molecule has 0 amide bonds. The second-order valence-electron chi connectivity index (χ2n) is 15.9. The van der Waals surface area contributed by atoms with Gasteiger partial charge in [-0.15, -0.1) is 0 Å². The SMILES string of the molecule is CC1(C)CC(CS(=O)(=O)O)c2cc3c(c4c2N1CCC4)Oc1c2c4c(cc1=C3c1c(Cl)ccc(Cl)c1C(=O)O)C(CS(=O)(=O)O)=CC(C)(C)[N+]=4CCC2. The Labute approximate surface area is 317 Å². The summed E-state index contributed by atoms with van der Waals surface area (Å²) in [4.78, 5) is 15.3. The Morgan fingerprint density at radius 1 is 0.962 bits per heavy atom. The molecule has 0 aromatic heterocycles. The second-order valence-corrected chi connectivity index (χ2v) is 19.6. The number of carbonyl (C=O) groups is 1. The highest BCUT2D eigenvalue weighted by atomic mass is 35.5. The summed E-state index contributed by atoms with van der Waals surface area (Å²) in [6.07, 6.45) is 4.97. The smallest absolute Gasteiger partial charge is 0.337 e. The van der Waals surface area contributed by atoms with Gasteiger partial charge in [-0.1, -0.05) is 23.2 Å². The van der Waals surface area contributed by atoms with Crippen LogP contribution >= 0.6 is 23.2 Å². The fourth-order valence-corrected chi connectivity index (χ4v) is 11.5. The normalized spacial score (nSPS) is 20.8. The van der Waals surface area contributed by atoms with Crippen LogP contribution in [0.15, 0.2) is 30.3 Å². The molecule has 5 aliphatic heterocycles. The summed E-state index contributed by atoms with van der Waals surface area (Å²) in [6, 6.07) is 6.57. The van der Waals surface area contributed by atoms with Crippen LogP contribution in [0.4, 0.5) is 5.69 Å². The molecule has 3 N–H and O–H groups in total. The number of carboxylic acid groups (broad SMARTS) is 1. The van der Waals surface area contributed by atoms with Crippen LogP contribution in [0, 0.1) is 0 Å². The van der Waals surface area contributed by atoms with Gasteiger partial charge in [-0.2, -0.15) is 16.8 Å². The third kappa shape index (κ3) is 5.90. The largest absolute Gasteiger partial charge is 0.478 e. The monoisotopic (exact) mass is 801 g/mol. The standard InChI is InChI=1S/C38H38Cl2N2O9S2/c1-37(2)15-19(17-52(45,46)47)23-13-25-29(30-27(39)9-10-28(40)31(30)36(43)44)26-14-24-20(18-53(48,49)50)16-38(3,4)42-12-6-8-22(33(24)42)35(26)51-34(25)21-7-5-11-41(37)32(21)23/h9-10,13-15,20H,5-8,11-12,16-18H2,1-4H3,(H2-,43,44,45,46,47,48,49,50)/p+1. The van der Waals surface area contributed by atoms with Crippen LogP contribution in [0.3, 0.4) is 0 Å². The zero-order valence-corrected chi connectivity index (χ0v) is 32.7. The number of carboxylic acids is 1. The predicted molar refractivity (Wildman–Crippen MR) is 204 cm³/mol. The highest BCUT2D eigenvalue weighted by molar-refractivity contribution is 7.86. The fourth-order valence-electron chi connectivity index (χ4n) is 9.58. The van der Waals surface area contributed by atoms with E-state index >= 15 is 0 Å². The molecule has 8 rings (SSSR count). The Morgan fingerprint density at radius 3 is 2.34 bits per heavy atom. The summed E-state index contributed by atoms with van der Waals surface area (Å²) >= 11 is 13.6. The molecule has 11 nitrogen and oxygen atoms in total. The van der Waals surface area contributed by atoms with E-state index in [-0.39, 0.29) is 21.2 Å². The molecule has 3 aromatic rings. The summed E-state index contributed by atoms with van der Waals surface area (Å²) in [5, 5.41) is 11.9. The predicted octanol–water partition coefficient (Wildman–Crippen LogP) is 5.45. The number of hydrogen-bond acceptors (Lipinski definition) is 7. The van der Waals surface area contributed by atoms with Crippen molar-refractivity contribution in [2.75, 3.05) is 29.5 Å². The lowest BCUT2D eigenvalue weighted by Gasteiger charge is -2.51. The van der Waals surface area contributed by atoms with Gasteiger partial charge in [0.15, 0.2) is 5.54 Å². The van der Waals surface area contributed by atoms with E-state index in [0.29, 0.717) is 70.4 Å². The van der Waals surface area contributed by atoms with Crippen LogP contribution in [-0.2, 0) is 33.1 Å². The molecule has 0 spiro atoms. The van der Waals surface area contributed by atoms with Gasteiger partial charge in [0, 0.05) is 76.5 Å². The summed E-state index contributed by atoms with van der Waals surface area (Å²) in [5.41, 5.74) is 3.87. The minimum atomic E-state index is -4.47. The summed E-state index contributed by atoms with van der Waals surface area (Å²) < 4.78 is 79.4. The number of fused-ring (bicyclic) bond motifs is 4. The van der Waals surface area contributed by atoms with E-state index in [2.05, 4.69) is 23.3 Å². The molecule has 0 aliphatic carbocycles. The van der Waals surface area contributed by atoms with Crippen LogP contribution in [0.25, 0.3) is 11.1 Å². The maximum absolute atomic E-state index is 13.0. The van der Waals surface area contributed by atoms with Gasteiger partial charge in [-0.3, -0.25) is 9.11 Å². The second kappa shape index (κ2) is 12.0.